The summed E-state index contributed by atoms with van der Waals surface area (Å²) in [5.74, 6) is 0.883. The number of thioether (sulfide) groups is 1. The first-order chi connectivity index (χ1) is 8.15. The number of hydrogen-bond donors (Lipinski definition) is 0. The normalized spacial score (nSPS) is 10.5. The van der Waals surface area contributed by atoms with Crippen molar-refractivity contribution < 1.29 is 0 Å². The van der Waals surface area contributed by atoms with Crippen LogP contribution in [0.25, 0.3) is 0 Å². The molecule has 0 nitrogen and oxygen atoms in total. The summed E-state index contributed by atoms with van der Waals surface area (Å²) in [7, 11) is 0. The van der Waals surface area contributed by atoms with E-state index in [0.29, 0.717) is 0 Å². The van der Waals surface area contributed by atoms with E-state index in [4.69, 9.17) is 11.6 Å². The van der Waals surface area contributed by atoms with Gasteiger partial charge >= 0.3 is 0 Å². The molecule has 0 saturated heterocycles. The highest BCUT2D eigenvalue weighted by Gasteiger charge is 2.02. The third-order valence-corrected chi connectivity index (χ3v) is 4.66. The van der Waals surface area contributed by atoms with Crippen LogP contribution < -0.4 is 0 Å². The standard InChI is InChI=1S/C13H9Br2ClS/c14-10-3-5-12(6-4-10)17-8-9-1-2-11(15)7-13(9)16/h1-7H,8H2. The van der Waals surface area contributed by atoms with Crippen molar-refractivity contribution in [2.45, 2.75) is 10.6 Å². The molecule has 88 valence electrons. The Labute approximate surface area is 127 Å². The molecule has 0 amide bonds. The van der Waals surface area contributed by atoms with E-state index in [1.807, 2.05) is 24.3 Å². The lowest BCUT2D eigenvalue weighted by Gasteiger charge is -2.05. The van der Waals surface area contributed by atoms with E-state index in [9.17, 15) is 0 Å². The van der Waals surface area contributed by atoms with Crippen molar-refractivity contribution >= 4 is 55.2 Å². The van der Waals surface area contributed by atoms with Gasteiger partial charge in [-0.25, -0.2) is 0 Å². The predicted molar refractivity (Wildman–Crippen MR) is 82.9 cm³/mol. The Morgan fingerprint density at radius 2 is 1.59 bits per heavy atom. The van der Waals surface area contributed by atoms with Crippen LogP contribution in [0.15, 0.2) is 56.3 Å². The van der Waals surface area contributed by atoms with Crippen molar-refractivity contribution in [3.8, 4) is 0 Å². The van der Waals surface area contributed by atoms with Crippen molar-refractivity contribution in [2.24, 2.45) is 0 Å². The molecule has 0 aliphatic carbocycles. The summed E-state index contributed by atoms with van der Waals surface area (Å²) in [5, 5.41) is 0.809. The molecule has 2 aromatic carbocycles. The molecule has 0 aromatic heterocycles. The second kappa shape index (κ2) is 6.28. The summed E-state index contributed by atoms with van der Waals surface area (Å²) >= 11 is 14.8. The highest BCUT2D eigenvalue weighted by Crippen LogP contribution is 2.29. The minimum absolute atomic E-state index is 0.809. The lowest BCUT2D eigenvalue weighted by molar-refractivity contribution is 1.37. The first kappa shape index (κ1) is 13.5. The number of rotatable bonds is 3. The molecule has 2 rings (SSSR count). The maximum absolute atomic E-state index is 6.17. The number of benzene rings is 2. The molecular formula is C13H9Br2ClS. The summed E-state index contributed by atoms with van der Waals surface area (Å²) in [6.45, 7) is 0. The molecule has 0 heterocycles. The van der Waals surface area contributed by atoms with Crippen LogP contribution in [0.4, 0.5) is 0 Å². The molecule has 0 atom stereocenters. The zero-order valence-corrected chi connectivity index (χ0v) is 13.5. The van der Waals surface area contributed by atoms with Crippen LogP contribution in [-0.2, 0) is 5.75 Å². The fraction of sp³-hybridized carbons (Fsp3) is 0.0769. The van der Waals surface area contributed by atoms with Crippen LogP contribution in [0.5, 0.6) is 0 Å². The van der Waals surface area contributed by atoms with Crippen LogP contribution in [0, 0.1) is 0 Å². The Bertz CT molecular complexity index is 511. The molecule has 0 unspecified atom stereocenters. The monoisotopic (exact) mass is 390 g/mol. The van der Waals surface area contributed by atoms with Gasteiger partial charge in [0.25, 0.3) is 0 Å². The van der Waals surface area contributed by atoms with E-state index in [2.05, 4.69) is 50.1 Å². The molecule has 0 spiro atoms. The Hall–Kier alpha value is 0.0400. The fourth-order valence-electron chi connectivity index (χ4n) is 1.33. The van der Waals surface area contributed by atoms with Crippen molar-refractivity contribution in [2.75, 3.05) is 0 Å². The third-order valence-electron chi connectivity index (χ3n) is 2.22. The Balaban J connectivity index is 2.04. The summed E-state index contributed by atoms with van der Waals surface area (Å²) < 4.78 is 2.11. The lowest BCUT2D eigenvalue weighted by Crippen LogP contribution is -1.82. The van der Waals surface area contributed by atoms with Crippen molar-refractivity contribution in [3.05, 3.63) is 62.0 Å². The average Bonchev–Trinajstić information content (AvgIpc) is 2.30. The minimum atomic E-state index is 0.809. The second-order valence-electron chi connectivity index (χ2n) is 3.48. The van der Waals surface area contributed by atoms with Gasteiger partial charge in [-0.05, 0) is 42.0 Å². The van der Waals surface area contributed by atoms with E-state index in [0.717, 1.165) is 25.3 Å². The van der Waals surface area contributed by atoms with Gasteiger partial charge in [-0.2, -0.15) is 0 Å². The smallest absolute Gasteiger partial charge is 0.0457 e. The van der Waals surface area contributed by atoms with Gasteiger partial charge in [-0.3, -0.25) is 0 Å². The zero-order chi connectivity index (χ0) is 12.3. The molecule has 0 bridgehead atoms. The van der Waals surface area contributed by atoms with Crippen LogP contribution >= 0.6 is 55.2 Å². The first-order valence-electron chi connectivity index (χ1n) is 4.97. The lowest BCUT2D eigenvalue weighted by atomic mass is 10.2. The van der Waals surface area contributed by atoms with Crippen molar-refractivity contribution in [1.29, 1.82) is 0 Å². The van der Waals surface area contributed by atoms with Gasteiger partial charge in [0.05, 0.1) is 0 Å². The molecule has 0 radical (unpaired) electrons. The number of halogens is 3. The van der Waals surface area contributed by atoms with Crippen LogP contribution in [-0.4, -0.2) is 0 Å². The van der Waals surface area contributed by atoms with Gasteiger partial charge in [0.2, 0.25) is 0 Å². The maximum Gasteiger partial charge on any atom is 0.0457 e. The van der Waals surface area contributed by atoms with E-state index in [1.54, 1.807) is 11.8 Å². The van der Waals surface area contributed by atoms with Gasteiger partial charge in [0.15, 0.2) is 0 Å². The fourth-order valence-corrected chi connectivity index (χ4v) is 3.32. The second-order valence-corrected chi connectivity index (χ2v) is 6.77. The topological polar surface area (TPSA) is 0 Å². The van der Waals surface area contributed by atoms with E-state index >= 15 is 0 Å². The molecule has 0 N–H and O–H groups in total. The van der Waals surface area contributed by atoms with Gasteiger partial charge in [-0.15, -0.1) is 11.8 Å². The van der Waals surface area contributed by atoms with Crippen molar-refractivity contribution in [1.82, 2.24) is 0 Å². The van der Waals surface area contributed by atoms with Crippen LogP contribution in [0.3, 0.4) is 0 Å². The average molecular weight is 393 g/mol. The summed E-state index contributed by atoms with van der Waals surface area (Å²) in [6, 6.07) is 14.3. The quantitative estimate of drug-likeness (QED) is 0.564. The molecule has 0 saturated carbocycles. The Morgan fingerprint density at radius 3 is 2.24 bits per heavy atom. The predicted octanol–water partition coefficient (Wildman–Crippen LogP) is 6.16. The van der Waals surface area contributed by atoms with Gasteiger partial charge in [0, 0.05) is 24.6 Å². The van der Waals surface area contributed by atoms with Crippen LogP contribution in [0.2, 0.25) is 5.02 Å². The molecule has 4 heteroatoms. The highest BCUT2D eigenvalue weighted by molar-refractivity contribution is 9.10. The van der Waals surface area contributed by atoms with E-state index in [1.165, 1.54) is 4.90 Å². The SMILES string of the molecule is Clc1cc(Br)ccc1CSc1ccc(Br)cc1. The minimum Gasteiger partial charge on any atom is -0.121 e. The summed E-state index contributed by atoms with van der Waals surface area (Å²) in [4.78, 5) is 1.24. The van der Waals surface area contributed by atoms with E-state index < -0.39 is 0 Å². The molecule has 0 aliphatic rings. The van der Waals surface area contributed by atoms with Crippen LogP contribution in [0.1, 0.15) is 5.56 Å². The highest BCUT2D eigenvalue weighted by atomic mass is 79.9. The number of hydrogen-bond acceptors (Lipinski definition) is 1. The van der Waals surface area contributed by atoms with Gasteiger partial charge in [0.1, 0.15) is 0 Å². The molecule has 0 aliphatic heterocycles. The molecule has 0 fully saturated rings. The van der Waals surface area contributed by atoms with Gasteiger partial charge < -0.3 is 0 Å². The molecular weight excluding hydrogens is 383 g/mol. The van der Waals surface area contributed by atoms with Gasteiger partial charge in [-0.1, -0.05) is 49.5 Å². The van der Waals surface area contributed by atoms with E-state index in [-0.39, 0.29) is 0 Å². The third kappa shape index (κ3) is 4.02. The Morgan fingerprint density at radius 1 is 0.941 bits per heavy atom. The molecule has 17 heavy (non-hydrogen) atoms. The maximum atomic E-state index is 6.17. The zero-order valence-electron chi connectivity index (χ0n) is 8.79. The molecule has 2 aromatic rings. The Kier molecular flexibility index (Phi) is 4.97. The summed E-state index contributed by atoms with van der Waals surface area (Å²) in [5.41, 5.74) is 1.16. The first-order valence-corrected chi connectivity index (χ1v) is 7.92. The largest absolute Gasteiger partial charge is 0.121 e. The van der Waals surface area contributed by atoms with Crippen molar-refractivity contribution in [3.63, 3.8) is 0 Å². The summed E-state index contributed by atoms with van der Waals surface area (Å²) in [6.07, 6.45) is 0.